The van der Waals surface area contributed by atoms with Crippen molar-refractivity contribution < 1.29 is 9.53 Å². The zero-order valence-corrected chi connectivity index (χ0v) is 19.9. The smallest absolute Gasteiger partial charge is 0.251 e. The van der Waals surface area contributed by atoms with Crippen LogP contribution in [0.15, 0.2) is 66.7 Å². The number of rotatable bonds is 5. The molecule has 2 heterocycles. The van der Waals surface area contributed by atoms with Gasteiger partial charge >= 0.3 is 0 Å². The van der Waals surface area contributed by atoms with E-state index in [2.05, 4.69) is 28.4 Å². The number of nitrogens with one attached hydrogen (secondary N) is 1. The lowest BCUT2D eigenvalue weighted by Gasteiger charge is -2.28. The standard InChI is InChI=1S/C29H29ClN2O2/c30-25-10-7-21(8-11-25)20-3-5-22(6-4-20)29(33)31-26-12-9-23-13-19(1-2-24(23)14-26)16-32-17-28-15-27(32)18-34-28/h1-8,10-11,13,26-28H,9,12,14-18H2,(H,31,33). The number of halogens is 1. The lowest BCUT2D eigenvalue weighted by atomic mass is 9.87. The van der Waals surface area contributed by atoms with Crippen molar-refractivity contribution in [3.8, 4) is 11.1 Å². The van der Waals surface area contributed by atoms with Crippen LogP contribution in [0.2, 0.25) is 5.02 Å². The van der Waals surface area contributed by atoms with Gasteiger partial charge in [-0.2, -0.15) is 0 Å². The van der Waals surface area contributed by atoms with Crippen LogP contribution in [-0.4, -0.2) is 42.1 Å². The van der Waals surface area contributed by atoms with E-state index in [4.69, 9.17) is 16.3 Å². The average molecular weight is 473 g/mol. The van der Waals surface area contributed by atoms with E-state index in [1.54, 1.807) is 0 Å². The van der Waals surface area contributed by atoms with E-state index in [9.17, 15) is 4.79 Å². The molecular weight excluding hydrogens is 444 g/mol. The summed E-state index contributed by atoms with van der Waals surface area (Å²) in [5, 5.41) is 3.98. The molecule has 2 fully saturated rings. The Labute approximate surface area is 205 Å². The van der Waals surface area contributed by atoms with Crippen LogP contribution < -0.4 is 5.32 Å². The molecule has 3 aromatic carbocycles. The third-order valence-corrected chi connectivity index (χ3v) is 7.81. The molecule has 6 rings (SSSR count). The molecule has 3 atom stereocenters. The first kappa shape index (κ1) is 21.8. The van der Waals surface area contributed by atoms with Crippen molar-refractivity contribution in [2.24, 2.45) is 0 Å². The first-order valence-electron chi connectivity index (χ1n) is 12.2. The molecule has 2 bridgehead atoms. The average Bonchev–Trinajstić information content (AvgIpc) is 3.48. The lowest BCUT2D eigenvalue weighted by Crippen LogP contribution is -2.39. The lowest BCUT2D eigenvalue weighted by molar-refractivity contribution is 0.0273. The fraction of sp³-hybridized carbons (Fsp3) is 0.345. The first-order valence-corrected chi connectivity index (χ1v) is 12.6. The Balaban J connectivity index is 1.07. The third-order valence-electron chi connectivity index (χ3n) is 7.56. The van der Waals surface area contributed by atoms with Crippen molar-refractivity contribution in [2.75, 3.05) is 13.2 Å². The molecular formula is C29H29ClN2O2. The van der Waals surface area contributed by atoms with Gasteiger partial charge in [0, 0.05) is 35.8 Å². The van der Waals surface area contributed by atoms with Crippen molar-refractivity contribution in [3.05, 3.63) is 94.0 Å². The number of aryl methyl sites for hydroxylation is 1. The van der Waals surface area contributed by atoms with Crippen LogP contribution in [0.5, 0.6) is 0 Å². The zero-order valence-electron chi connectivity index (χ0n) is 19.2. The summed E-state index contributed by atoms with van der Waals surface area (Å²) >= 11 is 5.99. The highest BCUT2D eigenvalue weighted by Crippen LogP contribution is 2.30. The van der Waals surface area contributed by atoms with Gasteiger partial charge in [0.25, 0.3) is 5.91 Å². The monoisotopic (exact) mass is 472 g/mol. The number of amides is 1. The molecule has 1 aliphatic carbocycles. The van der Waals surface area contributed by atoms with Gasteiger partial charge in [0.1, 0.15) is 0 Å². The number of morpholine rings is 1. The van der Waals surface area contributed by atoms with Crippen molar-refractivity contribution in [2.45, 2.75) is 50.4 Å². The van der Waals surface area contributed by atoms with Crippen molar-refractivity contribution >= 4 is 17.5 Å². The number of benzene rings is 3. The number of ether oxygens (including phenoxy) is 1. The van der Waals surface area contributed by atoms with Gasteiger partial charge in [-0.3, -0.25) is 9.69 Å². The first-order chi connectivity index (χ1) is 16.6. The Morgan fingerprint density at radius 1 is 1.00 bits per heavy atom. The Morgan fingerprint density at radius 2 is 1.76 bits per heavy atom. The molecule has 2 saturated heterocycles. The second-order valence-corrected chi connectivity index (χ2v) is 10.3. The molecule has 0 saturated carbocycles. The molecule has 3 aliphatic rings. The van der Waals surface area contributed by atoms with Crippen LogP contribution in [0.3, 0.4) is 0 Å². The van der Waals surface area contributed by atoms with Crippen LogP contribution in [0.4, 0.5) is 0 Å². The molecule has 0 radical (unpaired) electrons. The number of carbonyl (C=O) groups is 1. The Hall–Kier alpha value is -2.66. The predicted octanol–water partition coefficient (Wildman–Crippen LogP) is 5.27. The van der Waals surface area contributed by atoms with Gasteiger partial charge in [0.15, 0.2) is 0 Å². The number of fused-ring (bicyclic) bond motifs is 3. The van der Waals surface area contributed by atoms with Gasteiger partial charge in [-0.1, -0.05) is 54.1 Å². The van der Waals surface area contributed by atoms with Gasteiger partial charge in [-0.05, 0) is 77.8 Å². The number of hydrogen-bond acceptors (Lipinski definition) is 3. The van der Waals surface area contributed by atoms with Crippen molar-refractivity contribution in [1.82, 2.24) is 10.2 Å². The summed E-state index contributed by atoms with van der Waals surface area (Å²) in [6.07, 6.45) is 4.52. The fourth-order valence-corrected chi connectivity index (χ4v) is 5.79. The Kier molecular flexibility index (Phi) is 5.90. The molecule has 174 valence electrons. The predicted molar refractivity (Wildman–Crippen MR) is 135 cm³/mol. The summed E-state index contributed by atoms with van der Waals surface area (Å²) in [6.45, 7) is 2.97. The van der Waals surface area contributed by atoms with Gasteiger partial charge < -0.3 is 10.1 Å². The molecule has 34 heavy (non-hydrogen) atoms. The van der Waals surface area contributed by atoms with Gasteiger partial charge in [0.05, 0.1) is 12.7 Å². The maximum atomic E-state index is 12.9. The van der Waals surface area contributed by atoms with Crippen LogP contribution in [0.1, 0.15) is 39.9 Å². The number of nitrogens with zero attached hydrogens (tertiary/aromatic N) is 1. The molecule has 1 N–H and O–H groups in total. The van der Waals surface area contributed by atoms with Crippen LogP contribution in [0.25, 0.3) is 11.1 Å². The molecule has 5 heteroatoms. The minimum atomic E-state index is -0.000897. The van der Waals surface area contributed by atoms with Crippen LogP contribution in [-0.2, 0) is 24.1 Å². The second-order valence-electron chi connectivity index (χ2n) is 9.87. The fourth-order valence-electron chi connectivity index (χ4n) is 5.66. The zero-order chi connectivity index (χ0) is 23.1. The van der Waals surface area contributed by atoms with E-state index in [0.29, 0.717) is 17.7 Å². The number of hydrogen-bond donors (Lipinski definition) is 1. The second kappa shape index (κ2) is 9.18. The maximum Gasteiger partial charge on any atom is 0.251 e. The molecule has 0 spiro atoms. The summed E-state index contributed by atoms with van der Waals surface area (Å²) in [7, 11) is 0. The van der Waals surface area contributed by atoms with Crippen molar-refractivity contribution in [1.29, 1.82) is 0 Å². The van der Waals surface area contributed by atoms with Crippen molar-refractivity contribution in [3.63, 3.8) is 0 Å². The summed E-state index contributed by atoms with van der Waals surface area (Å²) in [5.74, 6) is -0.000897. The SMILES string of the molecule is O=C(NC1CCc2cc(CN3CC4CC3CO4)ccc2C1)c1ccc(-c2ccc(Cl)cc2)cc1. The quantitative estimate of drug-likeness (QED) is 0.550. The highest BCUT2D eigenvalue weighted by molar-refractivity contribution is 6.30. The summed E-state index contributed by atoms with van der Waals surface area (Å²) < 4.78 is 5.74. The van der Waals surface area contributed by atoms with E-state index >= 15 is 0 Å². The Morgan fingerprint density at radius 3 is 2.47 bits per heavy atom. The number of likely N-dealkylation sites (tertiary alicyclic amines) is 1. The highest BCUT2D eigenvalue weighted by atomic mass is 35.5. The minimum Gasteiger partial charge on any atom is -0.375 e. The summed E-state index contributed by atoms with van der Waals surface area (Å²) in [4.78, 5) is 15.5. The minimum absolute atomic E-state index is 0.000897. The van der Waals surface area contributed by atoms with Gasteiger partial charge in [-0.25, -0.2) is 0 Å². The van der Waals surface area contributed by atoms with E-state index < -0.39 is 0 Å². The molecule has 4 nitrogen and oxygen atoms in total. The Bertz CT molecular complexity index is 1190. The molecule has 3 unspecified atom stereocenters. The molecule has 0 aromatic heterocycles. The third kappa shape index (κ3) is 4.50. The van der Waals surface area contributed by atoms with Crippen LogP contribution >= 0.6 is 11.6 Å². The van der Waals surface area contributed by atoms with E-state index in [1.807, 2.05) is 48.5 Å². The highest BCUT2D eigenvalue weighted by Gasteiger charge is 2.38. The van der Waals surface area contributed by atoms with E-state index in [1.165, 1.54) is 23.1 Å². The summed E-state index contributed by atoms with van der Waals surface area (Å²) in [5.41, 5.74) is 7.06. The molecule has 1 amide bonds. The van der Waals surface area contributed by atoms with Crippen LogP contribution in [0, 0.1) is 0 Å². The number of carbonyl (C=O) groups excluding carboxylic acids is 1. The molecule has 3 aromatic rings. The van der Waals surface area contributed by atoms with E-state index in [-0.39, 0.29) is 11.9 Å². The maximum absolute atomic E-state index is 12.9. The van der Waals surface area contributed by atoms with Gasteiger partial charge in [-0.15, -0.1) is 0 Å². The topological polar surface area (TPSA) is 41.6 Å². The normalized spacial score (nSPS) is 23.6. The largest absolute Gasteiger partial charge is 0.375 e. The van der Waals surface area contributed by atoms with E-state index in [0.717, 1.165) is 55.1 Å². The van der Waals surface area contributed by atoms with Gasteiger partial charge in [0.2, 0.25) is 0 Å². The molecule has 2 aliphatic heterocycles. The summed E-state index contributed by atoms with van der Waals surface area (Å²) in [6, 6.07) is 23.2.